The van der Waals surface area contributed by atoms with Gasteiger partial charge in [-0.05, 0) is 19.1 Å². The highest BCUT2D eigenvalue weighted by Crippen LogP contribution is 2.15. The molecule has 0 spiro atoms. The number of nitrogens with zero attached hydrogens (tertiary/aromatic N) is 2. The molecule has 5 heteroatoms. The maximum Gasteiger partial charge on any atom is 0.121 e. The lowest BCUT2D eigenvalue weighted by Gasteiger charge is -2.06. The van der Waals surface area contributed by atoms with E-state index >= 15 is 0 Å². The third-order valence-electron chi connectivity index (χ3n) is 2.33. The number of halogens is 1. The van der Waals surface area contributed by atoms with Crippen molar-refractivity contribution in [2.45, 2.75) is 13.5 Å². The Hall–Kier alpha value is -1.68. The zero-order valence-electron chi connectivity index (χ0n) is 9.56. The van der Waals surface area contributed by atoms with E-state index in [0.29, 0.717) is 23.9 Å². The number of aromatic nitrogens is 2. The van der Waals surface area contributed by atoms with Gasteiger partial charge >= 0.3 is 0 Å². The average molecular weight is 252 g/mol. The maximum atomic E-state index is 5.91. The SMILES string of the molecule is Cc1nn(CCOc2cccc(N)c2)cc1Cl. The fourth-order valence-electron chi connectivity index (χ4n) is 1.47. The number of aryl methyl sites for hydroxylation is 1. The summed E-state index contributed by atoms with van der Waals surface area (Å²) in [6.07, 6.45) is 1.79. The van der Waals surface area contributed by atoms with Crippen LogP contribution in [0.2, 0.25) is 5.02 Å². The van der Waals surface area contributed by atoms with E-state index in [9.17, 15) is 0 Å². The van der Waals surface area contributed by atoms with Crippen molar-refractivity contribution in [3.05, 3.63) is 41.2 Å². The van der Waals surface area contributed by atoms with Crippen LogP contribution in [0.1, 0.15) is 5.69 Å². The molecule has 0 saturated heterocycles. The molecule has 0 fully saturated rings. The topological polar surface area (TPSA) is 53.1 Å². The van der Waals surface area contributed by atoms with Crippen LogP contribution in [0.15, 0.2) is 30.5 Å². The Labute approximate surface area is 105 Å². The standard InChI is InChI=1S/C12H14ClN3O/c1-9-12(13)8-16(15-9)5-6-17-11-4-2-3-10(14)7-11/h2-4,7-8H,5-6,14H2,1H3. The Kier molecular flexibility index (Phi) is 3.54. The van der Waals surface area contributed by atoms with E-state index in [-0.39, 0.29) is 0 Å². The highest BCUT2D eigenvalue weighted by atomic mass is 35.5. The minimum Gasteiger partial charge on any atom is -0.492 e. The third-order valence-corrected chi connectivity index (χ3v) is 2.70. The molecule has 0 saturated carbocycles. The van der Waals surface area contributed by atoms with Gasteiger partial charge in [-0.2, -0.15) is 5.10 Å². The van der Waals surface area contributed by atoms with Crippen LogP contribution in [0.3, 0.4) is 0 Å². The first-order valence-corrected chi connectivity index (χ1v) is 5.71. The average Bonchev–Trinajstić information content (AvgIpc) is 2.58. The van der Waals surface area contributed by atoms with E-state index in [1.54, 1.807) is 16.9 Å². The van der Waals surface area contributed by atoms with E-state index in [4.69, 9.17) is 22.1 Å². The van der Waals surface area contributed by atoms with Gasteiger partial charge in [-0.1, -0.05) is 17.7 Å². The number of benzene rings is 1. The third kappa shape index (κ3) is 3.14. The number of hydrogen-bond donors (Lipinski definition) is 1. The molecule has 2 aromatic rings. The van der Waals surface area contributed by atoms with Gasteiger partial charge < -0.3 is 10.5 Å². The van der Waals surface area contributed by atoms with E-state index in [0.717, 1.165) is 11.4 Å². The van der Waals surface area contributed by atoms with E-state index in [1.807, 2.05) is 25.1 Å². The fourth-order valence-corrected chi connectivity index (χ4v) is 1.62. The normalized spacial score (nSPS) is 10.5. The first-order chi connectivity index (χ1) is 8.15. The summed E-state index contributed by atoms with van der Waals surface area (Å²) in [5, 5.41) is 4.91. The summed E-state index contributed by atoms with van der Waals surface area (Å²) < 4.78 is 7.32. The van der Waals surface area contributed by atoms with Gasteiger partial charge in [0.15, 0.2) is 0 Å². The second-order valence-corrected chi connectivity index (χ2v) is 4.15. The summed E-state index contributed by atoms with van der Waals surface area (Å²) in [4.78, 5) is 0. The number of nitrogen functional groups attached to an aromatic ring is 1. The number of ether oxygens (including phenoxy) is 1. The van der Waals surface area contributed by atoms with Gasteiger partial charge in [0.2, 0.25) is 0 Å². The first-order valence-electron chi connectivity index (χ1n) is 5.33. The lowest BCUT2D eigenvalue weighted by atomic mass is 10.3. The van der Waals surface area contributed by atoms with Gasteiger partial charge in [0.25, 0.3) is 0 Å². The summed E-state index contributed by atoms with van der Waals surface area (Å²) in [6, 6.07) is 7.35. The smallest absolute Gasteiger partial charge is 0.121 e. The summed E-state index contributed by atoms with van der Waals surface area (Å²) in [7, 11) is 0. The Balaban J connectivity index is 1.87. The van der Waals surface area contributed by atoms with Gasteiger partial charge in [0.05, 0.1) is 17.3 Å². The van der Waals surface area contributed by atoms with Crippen molar-refractivity contribution in [1.82, 2.24) is 9.78 Å². The second kappa shape index (κ2) is 5.10. The van der Waals surface area contributed by atoms with Crippen LogP contribution in [0.4, 0.5) is 5.69 Å². The molecular formula is C12H14ClN3O. The van der Waals surface area contributed by atoms with Crippen molar-refractivity contribution in [3.8, 4) is 5.75 Å². The molecule has 2 rings (SSSR count). The molecule has 0 aliphatic carbocycles. The van der Waals surface area contributed by atoms with Gasteiger partial charge in [0.1, 0.15) is 12.4 Å². The minimum absolute atomic E-state index is 0.529. The summed E-state index contributed by atoms with van der Waals surface area (Å²) in [5.41, 5.74) is 7.17. The molecule has 90 valence electrons. The molecule has 0 aliphatic rings. The van der Waals surface area contributed by atoms with Crippen molar-refractivity contribution in [3.63, 3.8) is 0 Å². The van der Waals surface area contributed by atoms with Gasteiger partial charge in [-0.3, -0.25) is 4.68 Å². The largest absolute Gasteiger partial charge is 0.492 e. The van der Waals surface area contributed by atoms with E-state index in [2.05, 4.69) is 5.10 Å². The molecule has 4 nitrogen and oxygen atoms in total. The molecule has 1 aromatic carbocycles. The molecule has 1 aromatic heterocycles. The van der Waals surface area contributed by atoms with E-state index < -0.39 is 0 Å². The highest BCUT2D eigenvalue weighted by Gasteiger charge is 2.01. The minimum atomic E-state index is 0.529. The van der Waals surface area contributed by atoms with Gasteiger partial charge in [-0.25, -0.2) is 0 Å². The number of nitrogens with two attached hydrogens (primary N) is 1. The molecular weight excluding hydrogens is 238 g/mol. The molecule has 0 atom stereocenters. The molecule has 2 N–H and O–H groups in total. The molecule has 0 radical (unpaired) electrons. The monoisotopic (exact) mass is 251 g/mol. The highest BCUT2D eigenvalue weighted by molar-refractivity contribution is 6.31. The van der Waals surface area contributed by atoms with Crippen molar-refractivity contribution in [2.24, 2.45) is 0 Å². The maximum absolute atomic E-state index is 5.91. The number of hydrogen-bond acceptors (Lipinski definition) is 3. The van der Waals surface area contributed by atoms with Crippen LogP contribution in [-0.2, 0) is 6.54 Å². The summed E-state index contributed by atoms with van der Waals surface area (Å²) in [5.74, 6) is 0.764. The first kappa shape index (κ1) is 11.8. The molecule has 0 aliphatic heterocycles. The van der Waals surface area contributed by atoms with Crippen molar-refractivity contribution < 1.29 is 4.74 Å². The number of rotatable bonds is 4. The summed E-state index contributed by atoms with van der Waals surface area (Å²) >= 11 is 5.91. The quantitative estimate of drug-likeness (QED) is 0.850. The Bertz CT molecular complexity index is 491. The lowest BCUT2D eigenvalue weighted by Crippen LogP contribution is -2.08. The Morgan fingerprint density at radius 3 is 2.94 bits per heavy atom. The molecule has 1 heterocycles. The van der Waals surface area contributed by atoms with Crippen molar-refractivity contribution >= 4 is 17.3 Å². The molecule has 17 heavy (non-hydrogen) atoms. The summed E-state index contributed by atoms with van der Waals surface area (Å²) in [6.45, 7) is 3.06. The van der Waals surface area contributed by atoms with Crippen LogP contribution in [-0.4, -0.2) is 16.4 Å². The Morgan fingerprint density at radius 1 is 1.47 bits per heavy atom. The van der Waals surface area contributed by atoms with Crippen LogP contribution >= 0.6 is 11.6 Å². The molecule has 0 unspecified atom stereocenters. The van der Waals surface area contributed by atoms with Crippen molar-refractivity contribution in [2.75, 3.05) is 12.3 Å². The zero-order chi connectivity index (χ0) is 12.3. The predicted molar refractivity (Wildman–Crippen MR) is 68.3 cm³/mol. The van der Waals surface area contributed by atoms with Gasteiger partial charge in [0, 0.05) is 18.0 Å². The van der Waals surface area contributed by atoms with Crippen LogP contribution in [0.5, 0.6) is 5.75 Å². The predicted octanol–water partition coefficient (Wildman–Crippen LogP) is 2.51. The van der Waals surface area contributed by atoms with E-state index in [1.165, 1.54) is 0 Å². The second-order valence-electron chi connectivity index (χ2n) is 3.75. The lowest BCUT2D eigenvalue weighted by molar-refractivity contribution is 0.291. The molecule has 0 bridgehead atoms. The number of anilines is 1. The zero-order valence-corrected chi connectivity index (χ0v) is 10.3. The van der Waals surface area contributed by atoms with Crippen LogP contribution < -0.4 is 10.5 Å². The molecule has 0 amide bonds. The fraction of sp³-hybridized carbons (Fsp3) is 0.250. The van der Waals surface area contributed by atoms with Crippen LogP contribution in [0, 0.1) is 6.92 Å². The van der Waals surface area contributed by atoms with Gasteiger partial charge in [-0.15, -0.1) is 0 Å². The van der Waals surface area contributed by atoms with Crippen LogP contribution in [0.25, 0.3) is 0 Å². The van der Waals surface area contributed by atoms with Crippen molar-refractivity contribution in [1.29, 1.82) is 0 Å². The Morgan fingerprint density at radius 2 is 2.29 bits per heavy atom.